The average molecular weight is 664 g/mol. The van der Waals surface area contributed by atoms with Crippen molar-refractivity contribution in [2.45, 2.75) is 39.0 Å². The lowest BCUT2D eigenvalue weighted by Gasteiger charge is -2.21. The van der Waals surface area contributed by atoms with Crippen LogP contribution in [-0.2, 0) is 17.6 Å². The Hall–Kier alpha value is -4.20. The van der Waals surface area contributed by atoms with Crippen LogP contribution < -0.4 is 14.8 Å². The summed E-state index contributed by atoms with van der Waals surface area (Å²) < 4.78 is 11.6. The van der Waals surface area contributed by atoms with Gasteiger partial charge >= 0.3 is 6.09 Å². The van der Waals surface area contributed by atoms with Gasteiger partial charge in [0.05, 0.1) is 10.0 Å². The molecule has 7 nitrogen and oxygen atoms in total. The fourth-order valence-corrected chi connectivity index (χ4v) is 6.13. The van der Waals surface area contributed by atoms with Gasteiger partial charge in [0.15, 0.2) is 5.75 Å². The SMILES string of the molecule is Cc1cc(Cl)c(OCCOc2ccc(CC(CNC(=O)O)c3ccc(-c4ccccc4CCC(=O)N(C)C)cc3C)cc2)c(Cl)c1. The van der Waals surface area contributed by atoms with Crippen LogP contribution in [0.2, 0.25) is 10.0 Å². The maximum absolute atomic E-state index is 12.2. The maximum atomic E-state index is 12.2. The Morgan fingerprint density at radius 1 is 0.891 bits per heavy atom. The number of nitrogens with one attached hydrogen (secondary N) is 1. The first-order chi connectivity index (χ1) is 22.0. The van der Waals surface area contributed by atoms with E-state index in [4.69, 9.17) is 32.7 Å². The number of halogens is 2. The number of hydrogen-bond donors (Lipinski definition) is 2. The van der Waals surface area contributed by atoms with E-state index in [2.05, 4.69) is 42.6 Å². The van der Waals surface area contributed by atoms with Crippen molar-refractivity contribution >= 4 is 35.2 Å². The Balaban J connectivity index is 1.43. The summed E-state index contributed by atoms with van der Waals surface area (Å²) in [5.41, 5.74) is 7.43. The van der Waals surface area contributed by atoms with Crippen molar-refractivity contribution in [2.24, 2.45) is 0 Å². The summed E-state index contributed by atoms with van der Waals surface area (Å²) in [6.45, 7) is 4.84. The largest absolute Gasteiger partial charge is 0.490 e. The second-order valence-electron chi connectivity index (χ2n) is 11.5. The molecular formula is C37H40Cl2N2O5. The van der Waals surface area contributed by atoms with Gasteiger partial charge in [-0.15, -0.1) is 0 Å². The second kappa shape index (κ2) is 16.4. The third-order valence-corrected chi connectivity index (χ3v) is 8.35. The lowest BCUT2D eigenvalue weighted by Crippen LogP contribution is -2.28. The number of hydrogen-bond acceptors (Lipinski definition) is 4. The predicted octanol–water partition coefficient (Wildman–Crippen LogP) is 8.35. The maximum Gasteiger partial charge on any atom is 0.404 e. The van der Waals surface area contributed by atoms with Crippen molar-refractivity contribution in [3.8, 4) is 22.6 Å². The van der Waals surface area contributed by atoms with Crippen LogP contribution in [0.3, 0.4) is 0 Å². The molecule has 4 rings (SSSR count). The number of carboxylic acid groups (broad SMARTS) is 1. The van der Waals surface area contributed by atoms with E-state index in [0.717, 1.165) is 38.9 Å². The highest BCUT2D eigenvalue weighted by molar-refractivity contribution is 6.37. The third-order valence-electron chi connectivity index (χ3n) is 7.79. The fourth-order valence-electron chi connectivity index (χ4n) is 5.42. The van der Waals surface area contributed by atoms with Gasteiger partial charge in [0.1, 0.15) is 19.0 Å². The molecular weight excluding hydrogens is 623 g/mol. The first-order valence-corrected chi connectivity index (χ1v) is 15.9. The zero-order valence-corrected chi connectivity index (χ0v) is 28.1. The zero-order valence-electron chi connectivity index (χ0n) is 26.6. The van der Waals surface area contributed by atoms with Crippen molar-refractivity contribution < 1.29 is 24.2 Å². The van der Waals surface area contributed by atoms with Gasteiger partial charge < -0.3 is 24.8 Å². The Morgan fingerprint density at radius 2 is 1.57 bits per heavy atom. The summed E-state index contributed by atoms with van der Waals surface area (Å²) in [4.78, 5) is 25.3. The van der Waals surface area contributed by atoms with Crippen LogP contribution in [0.25, 0.3) is 11.1 Å². The molecule has 46 heavy (non-hydrogen) atoms. The highest BCUT2D eigenvalue weighted by atomic mass is 35.5. The molecule has 0 aromatic heterocycles. The molecule has 0 saturated heterocycles. The molecule has 0 radical (unpaired) electrons. The minimum atomic E-state index is -1.06. The van der Waals surface area contributed by atoms with Crippen molar-refractivity contribution in [2.75, 3.05) is 33.9 Å². The molecule has 4 aromatic carbocycles. The van der Waals surface area contributed by atoms with Crippen LogP contribution in [0, 0.1) is 13.8 Å². The van der Waals surface area contributed by atoms with E-state index in [9.17, 15) is 14.7 Å². The molecule has 0 aliphatic carbocycles. The van der Waals surface area contributed by atoms with Crippen LogP contribution in [-0.4, -0.2) is 55.9 Å². The molecule has 0 aliphatic rings. The number of rotatable bonds is 14. The number of benzene rings is 4. The molecule has 0 heterocycles. The van der Waals surface area contributed by atoms with Crippen molar-refractivity contribution in [1.82, 2.24) is 10.2 Å². The van der Waals surface area contributed by atoms with Crippen molar-refractivity contribution in [3.63, 3.8) is 0 Å². The second-order valence-corrected chi connectivity index (χ2v) is 12.3. The zero-order chi connectivity index (χ0) is 33.2. The monoisotopic (exact) mass is 662 g/mol. The van der Waals surface area contributed by atoms with Gasteiger partial charge in [-0.3, -0.25) is 4.79 Å². The Kier molecular flexibility index (Phi) is 12.4. The molecule has 1 unspecified atom stereocenters. The summed E-state index contributed by atoms with van der Waals surface area (Å²) in [6.07, 6.45) is 0.678. The number of nitrogens with zero attached hydrogens (tertiary/aromatic N) is 1. The van der Waals surface area contributed by atoms with Gasteiger partial charge in [0.2, 0.25) is 5.91 Å². The predicted molar refractivity (Wildman–Crippen MR) is 185 cm³/mol. The highest BCUT2D eigenvalue weighted by Gasteiger charge is 2.18. The van der Waals surface area contributed by atoms with Crippen LogP contribution in [0.5, 0.6) is 11.5 Å². The lowest BCUT2D eigenvalue weighted by atomic mass is 9.86. The minimum absolute atomic E-state index is 0.0812. The first kappa shape index (κ1) is 34.7. The van der Waals surface area contributed by atoms with Gasteiger partial charge in [-0.25, -0.2) is 4.79 Å². The summed E-state index contributed by atoms with van der Waals surface area (Å²) in [6, 6.07) is 25.8. The molecule has 1 atom stereocenters. The van der Waals surface area contributed by atoms with Gasteiger partial charge in [-0.2, -0.15) is 0 Å². The molecule has 9 heteroatoms. The molecule has 0 saturated carbocycles. The molecule has 0 bridgehead atoms. The molecule has 0 spiro atoms. The number of aryl methyl sites for hydroxylation is 3. The summed E-state index contributed by atoms with van der Waals surface area (Å²) in [5, 5.41) is 12.9. The molecule has 2 N–H and O–H groups in total. The number of carbonyl (C=O) groups excluding carboxylic acids is 1. The van der Waals surface area contributed by atoms with Crippen molar-refractivity contribution in [3.05, 3.63) is 117 Å². The standard InChI is InChI=1S/C37H40Cl2N2O5/c1-24-19-33(38)36(34(39)20-24)46-18-17-45-30-13-9-26(10-14-30)22-29(23-40-37(43)44)31-15-11-28(21-25(31)2)32-8-6-5-7-27(32)12-16-35(42)41(3)4/h5-11,13-15,19-21,29,40H,12,16-18,22-23H2,1-4H3,(H,43,44). The average Bonchev–Trinajstić information content (AvgIpc) is 3.01. The summed E-state index contributed by atoms with van der Waals surface area (Å²) >= 11 is 12.5. The minimum Gasteiger partial charge on any atom is -0.490 e. The van der Waals surface area contributed by atoms with E-state index in [-0.39, 0.29) is 25.0 Å². The molecule has 242 valence electrons. The molecule has 2 amide bonds. The van der Waals surface area contributed by atoms with Gasteiger partial charge in [0, 0.05) is 33.0 Å². The summed E-state index contributed by atoms with van der Waals surface area (Å²) in [5.74, 6) is 1.15. The van der Waals surface area contributed by atoms with E-state index >= 15 is 0 Å². The van der Waals surface area contributed by atoms with Crippen molar-refractivity contribution in [1.29, 1.82) is 0 Å². The highest BCUT2D eigenvalue weighted by Crippen LogP contribution is 2.34. The Morgan fingerprint density at radius 3 is 2.22 bits per heavy atom. The van der Waals surface area contributed by atoms with E-state index < -0.39 is 6.09 Å². The smallest absolute Gasteiger partial charge is 0.404 e. The fraction of sp³-hybridized carbons (Fsp3) is 0.297. The summed E-state index contributed by atoms with van der Waals surface area (Å²) in [7, 11) is 3.54. The van der Waals surface area contributed by atoms with Crippen LogP contribution in [0.15, 0.2) is 78.9 Å². The van der Waals surface area contributed by atoms with Gasteiger partial charge in [-0.1, -0.05) is 77.8 Å². The van der Waals surface area contributed by atoms with Gasteiger partial charge in [-0.05, 0) is 89.9 Å². The van der Waals surface area contributed by atoms with Crippen LogP contribution >= 0.6 is 23.2 Å². The topological polar surface area (TPSA) is 88.1 Å². The normalized spacial score (nSPS) is 11.5. The first-order valence-electron chi connectivity index (χ1n) is 15.2. The van der Waals surface area contributed by atoms with E-state index in [1.807, 2.05) is 43.3 Å². The van der Waals surface area contributed by atoms with Gasteiger partial charge in [0.25, 0.3) is 0 Å². The lowest BCUT2D eigenvalue weighted by molar-refractivity contribution is -0.128. The third kappa shape index (κ3) is 9.65. The molecule has 0 fully saturated rings. The van der Waals surface area contributed by atoms with E-state index in [0.29, 0.717) is 47.4 Å². The van der Waals surface area contributed by atoms with E-state index in [1.165, 1.54) is 0 Å². The number of amides is 2. The van der Waals surface area contributed by atoms with Crippen LogP contribution in [0.1, 0.15) is 40.2 Å². The molecule has 4 aromatic rings. The Bertz CT molecular complexity index is 1630. The number of ether oxygens (including phenoxy) is 2. The van der Waals surface area contributed by atoms with E-state index in [1.54, 1.807) is 31.1 Å². The van der Waals surface area contributed by atoms with Crippen LogP contribution in [0.4, 0.5) is 4.79 Å². The molecule has 0 aliphatic heterocycles. The number of carbonyl (C=O) groups is 2. The Labute approximate surface area is 281 Å². The quantitative estimate of drug-likeness (QED) is 0.133.